The van der Waals surface area contributed by atoms with E-state index in [4.69, 9.17) is 28.9 Å². The Morgan fingerprint density at radius 3 is 2.87 bits per heavy atom. The van der Waals surface area contributed by atoms with E-state index in [2.05, 4.69) is 11.9 Å². The first-order chi connectivity index (χ1) is 7.13. The van der Waals surface area contributed by atoms with Gasteiger partial charge in [-0.15, -0.1) is 0 Å². The van der Waals surface area contributed by atoms with Crippen LogP contribution in [0.2, 0.25) is 10.2 Å². The van der Waals surface area contributed by atoms with E-state index in [0.717, 1.165) is 17.2 Å². The zero-order chi connectivity index (χ0) is 11.3. The molecule has 1 rings (SSSR count). The third-order valence-corrected chi connectivity index (χ3v) is 3.77. The highest BCUT2D eigenvalue weighted by molar-refractivity contribution is 7.98. The van der Waals surface area contributed by atoms with Crippen LogP contribution >= 0.6 is 35.0 Å². The summed E-state index contributed by atoms with van der Waals surface area (Å²) in [5.41, 5.74) is 6.38. The molecule has 5 heteroatoms. The van der Waals surface area contributed by atoms with Gasteiger partial charge in [0.1, 0.15) is 5.15 Å². The van der Waals surface area contributed by atoms with Crippen molar-refractivity contribution in [1.82, 2.24) is 4.98 Å². The van der Waals surface area contributed by atoms with Crippen molar-refractivity contribution in [3.63, 3.8) is 0 Å². The molecular formula is C10H14Cl2N2S. The average molecular weight is 265 g/mol. The van der Waals surface area contributed by atoms with E-state index in [1.54, 1.807) is 23.9 Å². The molecule has 0 amide bonds. The van der Waals surface area contributed by atoms with E-state index in [9.17, 15) is 0 Å². The predicted molar refractivity (Wildman–Crippen MR) is 68.6 cm³/mol. The minimum Gasteiger partial charge on any atom is -0.330 e. The summed E-state index contributed by atoms with van der Waals surface area (Å²) in [6, 6.07) is 3.47. The number of aromatic nitrogens is 1. The quantitative estimate of drug-likeness (QED) is 0.831. The van der Waals surface area contributed by atoms with Crippen molar-refractivity contribution in [2.75, 3.05) is 12.3 Å². The molecule has 1 aromatic heterocycles. The van der Waals surface area contributed by atoms with Crippen molar-refractivity contribution < 1.29 is 0 Å². The van der Waals surface area contributed by atoms with Crippen LogP contribution in [0.1, 0.15) is 12.6 Å². The van der Waals surface area contributed by atoms with Crippen LogP contribution in [0.15, 0.2) is 12.1 Å². The molecule has 2 N–H and O–H groups in total. The van der Waals surface area contributed by atoms with Crippen LogP contribution < -0.4 is 5.73 Å². The van der Waals surface area contributed by atoms with E-state index < -0.39 is 0 Å². The average Bonchev–Trinajstić information content (AvgIpc) is 2.23. The molecule has 1 heterocycles. The zero-order valence-electron chi connectivity index (χ0n) is 8.54. The Morgan fingerprint density at radius 1 is 1.47 bits per heavy atom. The fraction of sp³-hybridized carbons (Fsp3) is 0.500. The maximum absolute atomic E-state index is 5.99. The number of pyridine rings is 1. The number of hydrogen-bond acceptors (Lipinski definition) is 3. The summed E-state index contributed by atoms with van der Waals surface area (Å²) >= 11 is 13.5. The Kier molecular flexibility index (Phi) is 5.75. The second kappa shape index (κ2) is 6.59. The lowest BCUT2D eigenvalue weighted by atomic mass is 10.2. The van der Waals surface area contributed by atoms with Crippen molar-refractivity contribution >= 4 is 35.0 Å². The number of nitrogens with two attached hydrogens (primary N) is 1. The maximum Gasteiger partial charge on any atom is 0.129 e. The second-order valence-corrected chi connectivity index (χ2v) is 5.24. The number of thioether (sulfide) groups is 1. The minimum atomic E-state index is 0.488. The summed E-state index contributed by atoms with van der Waals surface area (Å²) < 4.78 is 0. The fourth-order valence-electron chi connectivity index (χ4n) is 0.984. The van der Waals surface area contributed by atoms with Crippen LogP contribution in [-0.2, 0) is 5.75 Å². The molecule has 0 bridgehead atoms. The van der Waals surface area contributed by atoms with Gasteiger partial charge < -0.3 is 5.73 Å². The molecule has 0 aliphatic carbocycles. The zero-order valence-corrected chi connectivity index (χ0v) is 10.9. The number of nitrogens with zero attached hydrogens (tertiary/aromatic N) is 1. The summed E-state index contributed by atoms with van der Waals surface area (Å²) in [4.78, 5) is 4.18. The van der Waals surface area contributed by atoms with Gasteiger partial charge in [0, 0.05) is 5.75 Å². The highest BCUT2D eigenvalue weighted by Crippen LogP contribution is 2.22. The minimum absolute atomic E-state index is 0.488. The van der Waals surface area contributed by atoms with E-state index in [1.165, 1.54) is 0 Å². The van der Waals surface area contributed by atoms with E-state index in [1.807, 2.05) is 0 Å². The molecule has 0 radical (unpaired) electrons. The van der Waals surface area contributed by atoms with Crippen molar-refractivity contribution in [3.8, 4) is 0 Å². The predicted octanol–water partition coefficient (Wildman–Crippen LogP) is 3.22. The van der Waals surface area contributed by atoms with Crippen molar-refractivity contribution in [2.24, 2.45) is 11.7 Å². The van der Waals surface area contributed by atoms with Gasteiger partial charge >= 0.3 is 0 Å². The number of rotatable bonds is 5. The van der Waals surface area contributed by atoms with E-state index >= 15 is 0 Å². The normalized spacial score (nSPS) is 12.8. The van der Waals surface area contributed by atoms with Crippen LogP contribution in [-0.4, -0.2) is 17.3 Å². The van der Waals surface area contributed by atoms with Crippen molar-refractivity contribution in [1.29, 1.82) is 0 Å². The Bertz CT molecular complexity index is 320. The van der Waals surface area contributed by atoms with Crippen molar-refractivity contribution in [2.45, 2.75) is 12.7 Å². The van der Waals surface area contributed by atoms with Crippen LogP contribution in [0.25, 0.3) is 0 Å². The Hall–Kier alpha value is 0.0400. The SMILES string of the molecule is CC(CN)CSCc1nc(Cl)ccc1Cl. The lowest BCUT2D eigenvalue weighted by Crippen LogP contribution is -2.12. The van der Waals surface area contributed by atoms with Crippen LogP contribution in [0, 0.1) is 5.92 Å². The molecule has 2 nitrogen and oxygen atoms in total. The monoisotopic (exact) mass is 264 g/mol. The highest BCUT2D eigenvalue weighted by atomic mass is 35.5. The van der Waals surface area contributed by atoms with Gasteiger partial charge in [-0.2, -0.15) is 11.8 Å². The Labute approximate surface area is 105 Å². The molecule has 84 valence electrons. The molecule has 15 heavy (non-hydrogen) atoms. The van der Waals surface area contributed by atoms with E-state index in [-0.39, 0.29) is 0 Å². The van der Waals surface area contributed by atoms with Crippen molar-refractivity contribution in [3.05, 3.63) is 28.0 Å². The topological polar surface area (TPSA) is 38.9 Å². The smallest absolute Gasteiger partial charge is 0.129 e. The van der Waals surface area contributed by atoms with Gasteiger partial charge in [0.05, 0.1) is 10.7 Å². The first-order valence-corrected chi connectivity index (χ1v) is 6.63. The molecule has 0 aliphatic heterocycles. The fourth-order valence-corrected chi connectivity index (χ4v) is 2.47. The van der Waals surface area contributed by atoms with Gasteiger partial charge in [0.2, 0.25) is 0 Å². The molecule has 0 spiro atoms. The van der Waals surface area contributed by atoms with Crippen LogP contribution in [0.5, 0.6) is 0 Å². The van der Waals surface area contributed by atoms with Gasteiger partial charge in [-0.25, -0.2) is 4.98 Å². The molecule has 1 atom stereocenters. The molecule has 0 fully saturated rings. The summed E-state index contributed by atoms with van der Waals surface area (Å²) in [6.45, 7) is 2.84. The van der Waals surface area contributed by atoms with Crippen LogP contribution in [0.3, 0.4) is 0 Å². The molecule has 1 unspecified atom stereocenters. The summed E-state index contributed by atoms with van der Waals surface area (Å²) in [6.07, 6.45) is 0. The Balaban J connectivity index is 2.46. The summed E-state index contributed by atoms with van der Waals surface area (Å²) in [5.74, 6) is 2.32. The third kappa shape index (κ3) is 4.60. The van der Waals surface area contributed by atoms with Crippen LogP contribution in [0.4, 0.5) is 0 Å². The highest BCUT2D eigenvalue weighted by Gasteiger charge is 2.05. The first-order valence-electron chi connectivity index (χ1n) is 4.72. The molecule has 0 saturated heterocycles. The molecular weight excluding hydrogens is 251 g/mol. The summed E-state index contributed by atoms with van der Waals surface area (Å²) in [7, 11) is 0. The second-order valence-electron chi connectivity index (χ2n) is 3.42. The standard InChI is InChI=1S/C10H14Cl2N2S/c1-7(4-13)5-15-6-9-8(11)2-3-10(12)14-9/h2-3,7H,4-6,13H2,1H3. The third-order valence-electron chi connectivity index (χ3n) is 1.93. The van der Waals surface area contributed by atoms with Gasteiger partial charge in [-0.1, -0.05) is 30.1 Å². The number of hydrogen-bond donors (Lipinski definition) is 1. The molecule has 0 aromatic carbocycles. The molecule has 1 aromatic rings. The van der Waals surface area contributed by atoms with Gasteiger partial charge in [0.25, 0.3) is 0 Å². The molecule has 0 aliphatic rings. The maximum atomic E-state index is 5.99. The largest absolute Gasteiger partial charge is 0.330 e. The van der Waals surface area contributed by atoms with Gasteiger partial charge in [-0.05, 0) is 30.3 Å². The Morgan fingerprint density at radius 2 is 2.20 bits per heavy atom. The molecule has 0 saturated carbocycles. The summed E-state index contributed by atoms with van der Waals surface area (Å²) in [5, 5.41) is 1.16. The number of halogens is 2. The van der Waals surface area contributed by atoms with Gasteiger partial charge in [0.15, 0.2) is 0 Å². The van der Waals surface area contributed by atoms with E-state index in [0.29, 0.717) is 22.6 Å². The lowest BCUT2D eigenvalue weighted by molar-refractivity contribution is 0.675. The first kappa shape index (κ1) is 13.1. The van der Waals surface area contributed by atoms with Gasteiger partial charge in [-0.3, -0.25) is 0 Å². The lowest BCUT2D eigenvalue weighted by Gasteiger charge is -2.08.